The van der Waals surface area contributed by atoms with E-state index < -0.39 is 17.1 Å². The predicted octanol–water partition coefficient (Wildman–Crippen LogP) is 0.230. The molecule has 1 unspecified atom stereocenters. The highest BCUT2D eigenvalue weighted by Crippen LogP contribution is 1.92. The van der Waals surface area contributed by atoms with E-state index in [0.717, 1.165) is 0 Å². The molecular formula is C5H10O3S. The van der Waals surface area contributed by atoms with Crippen molar-refractivity contribution in [3.8, 4) is 0 Å². The first kappa shape index (κ1) is 8.78. The van der Waals surface area contributed by atoms with Crippen molar-refractivity contribution in [2.45, 2.75) is 13.3 Å². The largest absolute Gasteiger partial charge is 0.616 e. The molecule has 0 aliphatic heterocycles. The average Bonchev–Trinajstić information content (AvgIpc) is 1.83. The van der Waals surface area contributed by atoms with Crippen LogP contribution in [0.2, 0.25) is 0 Å². The van der Waals surface area contributed by atoms with Crippen molar-refractivity contribution in [2.24, 2.45) is 0 Å². The number of carboxylic acid groups (broad SMARTS) is 1. The van der Waals surface area contributed by atoms with Crippen molar-refractivity contribution < 1.29 is 14.5 Å². The van der Waals surface area contributed by atoms with Gasteiger partial charge in [0, 0.05) is 0 Å². The molecule has 0 aromatic carbocycles. The Balaban J connectivity index is 3.16. The molecular weight excluding hydrogens is 140 g/mol. The molecule has 0 bridgehead atoms. The van der Waals surface area contributed by atoms with Crippen molar-refractivity contribution in [2.75, 3.05) is 11.5 Å². The van der Waals surface area contributed by atoms with Crippen molar-refractivity contribution in [1.82, 2.24) is 0 Å². The second kappa shape index (κ2) is 4.64. The zero-order valence-corrected chi connectivity index (χ0v) is 6.11. The zero-order chi connectivity index (χ0) is 7.28. The number of rotatable bonds is 4. The van der Waals surface area contributed by atoms with E-state index in [-0.39, 0.29) is 12.2 Å². The van der Waals surface area contributed by atoms with Gasteiger partial charge in [-0.25, -0.2) is 0 Å². The molecule has 0 fully saturated rings. The summed E-state index contributed by atoms with van der Waals surface area (Å²) in [5, 5.41) is 8.12. The Bertz CT molecular complexity index is 94.2. The summed E-state index contributed by atoms with van der Waals surface area (Å²) in [4.78, 5) is 9.89. The van der Waals surface area contributed by atoms with Gasteiger partial charge in [-0.05, 0) is 6.92 Å². The van der Waals surface area contributed by atoms with Crippen LogP contribution in [0.25, 0.3) is 0 Å². The number of hydrogen-bond acceptors (Lipinski definition) is 2. The zero-order valence-electron chi connectivity index (χ0n) is 5.29. The van der Waals surface area contributed by atoms with Gasteiger partial charge in [-0.2, -0.15) is 0 Å². The van der Waals surface area contributed by atoms with Crippen molar-refractivity contribution in [3.63, 3.8) is 0 Å². The molecule has 3 nitrogen and oxygen atoms in total. The summed E-state index contributed by atoms with van der Waals surface area (Å²) in [7, 11) is 0. The fourth-order valence-electron chi connectivity index (χ4n) is 0.345. The fraction of sp³-hybridized carbons (Fsp3) is 0.800. The summed E-state index contributed by atoms with van der Waals surface area (Å²) in [5.41, 5.74) is 0. The van der Waals surface area contributed by atoms with Crippen LogP contribution in [0.1, 0.15) is 13.3 Å². The minimum atomic E-state index is -0.928. The lowest BCUT2D eigenvalue weighted by Crippen LogP contribution is -2.12. The summed E-state index contributed by atoms with van der Waals surface area (Å²) in [5.74, 6) is -0.0455. The highest BCUT2D eigenvalue weighted by Gasteiger charge is 2.04. The fourth-order valence-corrected chi connectivity index (χ4v) is 1.04. The van der Waals surface area contributed by atoms with Crippen LogP contribution >= 0.6 is 0 Å². The number of carboxylic acids is 1. The molecule has 0 saturated heterocycles. The normalized spacial score (nSPS) is 13.1. The van der Waals surface area contributed by atoms with Crippen LogP contribution < -0.4 is 0 Å². The maximum atomic E-state index is 10.6. The van der Waals surface area contributed by atoms with E-state index in [1.165, 1.54) is 0 Å². The molecule has 0 spiro atoms. The topological polar surface area (TPSA) is 60.4 Å². The lowest BCUT2D eigenvalue weighted by Gasteiger charge is -2.04. The molecule has 54 valence electrons. The van der Waals surface area contributed by atoms with Crippen LogP contribution in [-0.4, -0.2) is 27.1 Å². The third kappa shape index (κ3) is 5.65. The summed E-state index contributed by atoms with van der Waals surface area (Å²) in [6.45, 7) is 1.78. The molecule has 0 aromatic heterocycles. The number of carbonyl (C=O) groups is 1. The molecule has 0 amide bonds. The first-order valence-electron chi connectivity index (χ1n) is 2.73. The third-order valence-corrected chi connectivity index (χ3v) is 2.17. The van der Waals surface area contributed by atoms with E-state index in [2.05, 4.69) is 0 Å². The Morgan fingerprint density at radius 1 is 1.78 bits per heavy atom. The van der Waals surface area contributed by atoms with Gasteiger partial charge in [0.05, 0.1) is 6.42 Å². The van der Waals surface area contributed by atoms with Crippen LogP contribution in [0, 0.1) is 0 Å². The second-order valence-corrected chi connectivity index (χ2v) is 3.44. The van der Waals surface area contributed by atoms with Crippen molar-refractivity contribution in [3.05, 3.63) is 0 Å². The second-order valence-electron chi connectivity index (χ2n) is 1.58. The average molecular weight is 150 g/mol. The maximum absolute atomic E-state index is 10.6. The van der Waals surface area contributed by atoms with Crippen LogP contribution in [0.3, 0.4) is 0 Å². The van der Waals surface area contributed by atoms with E-state index in [9.17, 15) is 9.35 Å². The summed E-state index contributed by atoms with van der Waals surface area (Å²) >= 11 is -0.928. The smallest absolute Gasteiger partial charge is 0.308 e. The predicted molar refractivity (Wildman–Crippen MR) is 35.8 cm³/mol. The quantitative estimate of drug-likeness (QED) is 0.583. The van der Waals surface area contributed by atoms with Gasteiger partial charge in [-0.15, -0.1) is 0 Å². The highest BCUT2D eigenvalue weighted by atomic mass is 32.2. The third-order valence-electron chi connectivity index (χ3n) is 0.866. The van der Waals surface area contributed by atoms with E-state index in [1.807, 2.05) is 0 Å². The van der Waals surface area contributed by atoms with Crippen molar-refractivity contribution in [1.29, 1.82) is 0 Å². The molecule has 1 atom stereocenters. The van der Waals surface area contributed by atoms with Gasteiger partial charge in [0.25, 0.3) is 0 Å². The van der Waals surface area contributed by atoms with E-state index in [0.29, 0.717) is 5.75 Å². The number of aliphatic carboxylic acids is 1. The first-order valence-corrected chi connectivity index (χ1v) is 4.22. The Morgan fingerprint density at radius 3 is 2.67 bits per heavy atom. The molecule has 4 heteroatoms. The molecule has 9 heavy (non-hydrogen) atoms. The molecule has 1 N–H and O–H groups in total. The summed E-state index contributed by atoms with van der Waals surface area (Å²) in [6, 6.07) is 0. The molecule has 0 rings (SSSR count). The van der Waals surface area contributed by atoms with Gasteiger partial charge >= 0.3 is 5.97 Å². The van der Waals surface area contributed by atoms with E-state index in [4.69, 9.17) is 5.11 Å². The minimum absolute atomic E-state index is 0.0143. The lowest BCUT2D eigenvalue weighted by molar-refractivity contribution is -0.136. The molecule has 0 aliphatic carbocycles. The van der Waals surface area contributed by atoms with Crippen LogP contribution in [0.15, 0.2) is 0 Å². The Hall–Kier alpha value is -0.220. The van der Waals surface area contributed by atoms with Gasteiger partial charge in [0.2, 0.25) is 0 Å². The Morgan fingerprint density at radius 2 is 2.33 bits per heavy atom. The van der Waals surface area contributed by atoms with Crippen molar-refractivity contribution >= 4 is 17.1 Å². The maximum Gasteiger partial charge on any atom is 0.308 e. The minimum Gasteiger partial charge on any atom is -0.616 e. The summed E-state index contributed by atoms with van der Waals surface area (Å²) < 4.78 is 10.6. The molecule has 0 heterocycles. The van der Waals surface area contributed by atoms with Gasteiger partial charge in [0.15, 0.2) is 0 Å². The van der Waals surface area contributed by atoms with Crippen LogP contribution in [0.5, 0.6) is 0 Å². The van der Waals surface area contributed by atoms with Gasteiger partial charge in [-0.1, -0.05) is 11.2 Å². The molecule has 0 aromatic rings. The highest BCUT2D eigenvalue weighted by molar-refractivity contribution is 7.91. The SMILES string of the molecule is CC[S+]([O-])CCC(=O)O. The lowest BCUT2D eigenvalue weighted by atomic mass is 10.5. The Kier molecular flexibility index (Phi) is 4.53. The van der Waals surface area contributed by atoms with E-state index in [1.54, 1.807) is 6.92 Å². The first-order chi connectivity index (χ1) is 4.16. The number of hydrogen-bond donors (Lipinski definition) is 1. The van der Waals surface area contributed by atoms with E-state index >= 15 is 0 Å². The Labute approximate surface area is 57.2 Å². The molecule has 0 radical (unpaired) electrons. The molecule has 0 aliphatic rings. The summed E-state index contributed by atoms with van der Waals surface area (Å²) in [6.07, 6.45) is 0.0143. The van der Waals surface area contributed by atoms with Crippen LogP contribution in [0.4, 0.5) is 0 Å². The van der Waals surface area contributed by atoms with Gasteiger partial charge in [-0.3, -0.25) is 4.79 Å². The van der Waals surface area contributed by atoms with Gasteiger partial charge < -0.3 is 9.66 Å². The van der Waals surface area contributed by atoms with Gasteiger partial charge in [0.1, 0.15) is 11.5 Å². The molecule has 0 saturated carbocycles. The standard InChI is InChI=1S/C5H10O3S/c1-2-9(8)4-3-5(6)7/h2-4H2,1H3,(H,6,7). The van der Waals surface area contributed by atoms with Crippen LogP contribution in [-0.2, 0) is 16.0 Å². The monoisotopic (exact) mass is 150 g/mol.